The summed E-state index contributed by atoms with van der Waals surface area (Å²) in [6.45, 7) is -2.43. The zero-order valence-corrected chi connectivity index (χ0v) is 11.5. The number of ether oxygens (including phenoxy) is 1. The topological polar surface area (TPSA) is 43.4 Å². The van der Waals surface area contributed by atoms with Crippen LogP contribution < -0.4 is 10.2 Å². The zero-order chi connectivity index (χ0) is 14.7. The van der Waals surface area contributed by atoms with Crippen molar-refractivity contribution in [2.45, 2.75) is 19.1 Å². The molecule has 0 saturated carbocycles. The van der Waals surface area contributed by atoms with Crippen molar-refractivity contribution in [3.8, 4) is 5.75 Å². The third-order valence-electron chi connectivity index (χ3n) is 2.62. The van der Waals surface area contributed by atoms with E-state index in [2.05, 4.69) is 0 Å². The van der Waals surface area contributed by atoms with Gasteiger partial charge >= 0.3 is 6.98 Å². The van der Waals surface area contributed by atoms with Gasteiger partial charge in [0.05, 0.1) is 16.8 Å². The lowest BCUT2D eigenvalue weighted by Gasteiger charge is -2.19. The molecule has 108 valence electrons. The van der Waals surface area contributed by atoms with Gasteiger partial charge in [-0.15, -0.1) is 0 Å². The minimum absolute atomic E-state index is 0.288. The van der Waals surface area contributed by atoms with Crippen LogP contribution in [0.25, 0.3) is 0 Å². The van der Waals surface area contributed by atoms with Gasteiger partial charge in [-0.05, 0) is 19.9 Å². The Labute approximate surface area is 110 Å². The molecule has 19 heavy (non-hydrogen) atoms. The number of sulfone groups is 1. The molecule has 3 nitrogen and oxygen atoms in total. The highest BCUT2D eigenvalue weighted by Crippen LogP contribution is 2.17. The average molecular weight is 295 g/mol. The average Bonchev–Trinajstić information content (AvgIpc) is 2.27. The van der Waals surface area contributed by atoms with Gasteiger partial charge in [0.1, 0.15) is 6.61 Å². The van der Waals surface area contributed by atoms with Crippen LogP contribution in [0.15, 0.2) is 24.3 Å². The molecule has 0 saturated heterocycles. The molecule has 0 aliphatic carbocycles. The second-order valence-corrected chi connectivity index (χ2v) is 7.05. The normalized spacial score (nSPS) is 12.7. The first-order valence-corrected chi connectivity index (χ1v) is 7.49. The first-order valence-electron chi connectivity index (χ1n) is 5.78. The first-order chi connectivity index (χ1) is 8.64. The van der Waals surface area contributed by atoms with Gasteiger partial charge in [0, 0.05) is 0 Å². The van der Waals surface area contributed by atoms with Crippen molar-refractivity contribution in [2.24, 2.45) is 0 Å². The molecule has 0 fully saturated rings. The van der Waals surface area contributed by atoms with Gasteiger partial charge in [0.2, 0.25) is 0 Å². The summed E-state index contributed by atoms with van der Waals surface area (Å²) in [5.74, 6) is -0.627. The van der Waals surface area contributed by atoms with Crippen molar-refractivity contribution in [1.82, 2.24) is 0 Å². The van der Waals surface area contributed by atoms with Crippen LogP contribution in [0.4, 0.5) is 12.9 Å². The van der Waals surface area contributed by atoms with Crippen molar-refractivity contribution in [3.63, 3.8) is 0 Å². The maximum Gasteiger partial charge on any atom is 0.513 e. The van der Waals surface area contributed by atoms with E-state index in [-0.39, 0.29) is 18.1 Å². The van der Waals surface area contributed by atoms with Crippen molar-refractivity contribution in [1.29, 1.82) is 0 Å². The first kappa shape index (κ1) is 15.9. The van der Waals surface area contributed by atoms with Gasteiger partial charge in [-0.2, -0.15) is 0 Å². The highest BCUT2D eigenvalue weighted by atomic mass is 32.2. The highest BCUT2D eigenvalue weighted by Gasteiger charge is 2.29. The second kappa shape index (κ2) is 5.86. The largest absolute Gasteiger partial charge is 0.513 e. The molecule has 0 N–H and O–H groups in total. The van der Waals surface area contributed by atoms with E-state index in [1.165, 1.54) is 32.0 Å². The summed E-state index contributed by atoms with van der Waals surface area (Å²) < 4.78 is 66.1. The molecule has 0 heterocycles. The maximum absolute atomic E-state index is 12.7. The SMILES string of the molecule is CC(C)S(=O)(=O)CCOc1ccccc1[B-](F)(F)F. The number of hydrogen-bond acceptors (Lipinski definition) is 3. The molecule has 0 unspecified atom stereocenters. The van der Waals surface area contributed by atoms with Gasteiger partial charge in [0.15, 0.2) is 9.84 Å². The summed E-state index contributed by atoms with van der Waals surface area (Å²) in [4.78, 5) is 0. The lowest BCUT2D eigenvalue weighted by Crippen LogP contribution is -2.35. The van der Waals surface area contributed by atoms with E-state index in [4.69, 9.17) is 4.74 Å². The molecule has 0 aromatic heterocycles. The quantitative estimate of drug-likeness (QED) is 0.753. The third-order valence-corrected chi connectivity index (χ3v) is 4.79. The van der Waals surface area contributed by atoms with Gasteiger partial charge in [0.25, 0.3) is 0 Å². The van der Waals surface area contributed by atoms with E-state index >= 15 is 0 Å². The lowest BCUT2D eigenvalue weighted by molar-refractivity contribution is 0.341. The monoisotopic (exact) mass is 295 g/mol. The molecule has 1 aromatic carbocycles. The second-order valence-electron chi connectivity index (χ2n) is 4.38. The minimum atomic E-state index is -5.17. The van der Waals surface area contributed by atoms with E-state index in [1.807, 2.05) is 0 Å². The predicted octanol–water partition coefficient (Wildman–Crippen LogP) is 1.94. The Morgan fingerprint density at radius 1 is 1.21 bits per heavy atom. The van der Waals surface area contributed by atoms with E-state index in [9.17, 15) is 21.4 Å². The molecule has 0 atom stereocenters. The Bertz CT molecular complexity index is 526. The molecule has 0 radical (unpaired) electrons. The highest BCUT2D eigenvalue weighted by molar-refractivity contribution is 7.91. The summed E-state index contributed by atoms with van der Waals surface area (Å²) in [6, 6.07) is 4.79. The Morgan fingerprint density at radius 2 is 1.79 bits per heavy atom. The molecule has 0 amide bonds. The fraction of sp³-hybridized carbons (Fsp3) is 0.455. The van der Waals surface area contributed by atoms with Crippen molar-refractivity contribution in [3.05, 3.63) is 24.3 Å². The molecule has 0 bridgehead atoms. The molecular formula is C11H15BF3O3S-. The fourth-order valence-corrected chi connectivity index (χ4v) is 2.17. The number of hydrogen-bond donors (Lipinski definition) is 0. The van der Waals surface area contributed by atoms with Crippen LogP contribution in [0.2, 0.25) is 0 Å². The van der Waals surface area contributed by atoms with E-state index in [0.717, 1.165) is 6.07 Å². The zero-order valence-electron chi connectivity index (χ0n) is 10.6. The van der Waals surface area contributed by atoms with Crippen molar-refractivity contribution in [2.75, 3.05) is 12.4 Å². The smallest absolute Gasteiger partial charge is 0.496 e. The van der Waals surface area contributed by atoms with Crippen molar-refractivity contribution >= 4 is 22.3 Å². The molecule has 8 heteroatoms. The predicted molar refractivity (Wildman–Crippen MR) is 69.6 cm³/mol. The molecule has 0 aliphatic heterocycles. The van der Waals surface area contributed by atoms with E-state index < -0.39 is 27.5 Å². The van der Waals surface area contributed by atoms with Crippen LogP contribution in [0, 0.1) is 0 Å². The summed E-state index contributed by atoms with van der Waals surface area (Å²) in [5, 5.41) is -0.571. The number of rotatable bonds is 6. The Hall–Kier alpha value is -1.18. The third kappa shape index (κ3) is 4.45. The van der Waals surface area contributed by atoms with Gasteiger partial charge in [-0.1, -0.05) is 23.7 Å². The molecule has 0 aliphatic rings. The van der Waals surface area contributed by atoms with E-state index in [0.29, 0.717) is 0 Å². The summed E-state index contributed by atoms with van der Waals surface area (Å²) in [6.07, 6.45) is 0. The molecule has 1 rings (SSSR count). The van der Waals surface area contributed by atoms with Crippen LogP contribution in [0.3, 0.4) is 0 Å². The van der Waals surface area contributed by atoms with Crippen LogP contribution in [0.5, 0.6) is 5.75 Å². The lowest BCUT2D eigenvalue weighted by atomic mass is 9.79. The number of benzene rings is 1. The Morgan fingerprint density at radius 3 is 2.32 bits per heavy atom. The Kier molecular flexibility index (Phi) is 4.89. The van der Waals surface area contributed by atoms with Crippen LogP contribution in [-0.2, 0) is 9.84 Å². The summed E-state index contributed by atoms with van der Waals surface area (Å²) in [7, 11) is -3.32. The molecule has 1 aromatic rings. The number of halogens is 3. The molecular weight excluding hydrogens is 280 g/mol. The van der Waals surface area contributed by atoms with Gasteiger partial charge in [-0.25, -0.2) is 8.42 Å². The van der Waals surface area contributed by atoms with E-state index in [1.54, 1.807) is 0 Å². The number of para-hydroxylation sites is 1. The molecule has 0 spiro atoms. The Balaban J connectivity index is 2.75. The summed E-state index contributed by atoms with van der Waals surface area (Å²) >= 11 is 0. The summed E-state index contributed by atoms with van der Waals surface area (Å²) in [5.41, 5.74) is -0.843. The van der Waals surface area contributed by atoms with Crippen LogP contribution >= 0.6 is 0 Å². The van der Waals surface area contributed by atoms with Crippen LogP contribution in [0.1, 0.15) is 13.8 Å². The van der Waals surface area contributed by atoms with Crippen molar-refractivity contribution < 1.29 is 26.1 Å². The minimum Gasteiger partial charge on any atom is -0.496 e. The fourth-order valence-electron chi connectivity index (χ4n) is 1.39. The standard InChI is InChI=1S/C11H15BF3O3S/c1-9(2)19(16,17)8-7-18-11-6-4-3-5-10(11)12(13,14)15/h3-6,9H,7-8H2,1-2H3/q-1. The van der Waals surface area contributed by atoms with Crippen LogP contribution in [-0.4, -0.2) is 33.0 Å². The maximum atomic E-state index is 12.7. The van der Waals surface area contributed by atoms with Gasteiger partial charge in [-0.3, -0.25) is 0 Å². The van der Waals surface area contributed by atoms with Gasteiger partial charge < -0.3 is 17.7 Å².